The van der Waals surface area contributed by atoms with Gasteiger partial charge in [-0.15, -0.1) is 22.7 Å². The molecule has 0 saturated carbocycles. The Kier molecular flexibility index (Phi) is 12.2. The van der Waals surface area contributed by atoms with Crippen molar-refractivity contribution in [2.45, 2.75) is 105 Å². The molecule has 0 bridgehead atoms. The first-order valence-electron chi connectivity index (χ1n) is 38.8. The highest BCUT2D eigenvalue weighted by atomic mass is 32.1. The van der Waals surface area contributed by atoms with Crippen molar-refractivity contribution in [3.63, 3.8) is 0 Å². The Hall–Kier alpha value is -10.2. The van der Waals surface area contributed by atoms with Crippen LogP contribution in [0.25, 0.3) is 112 Å². The van der Waals surface area contributed by atoms with E-state index in [4.69, 9.17) is 0 Å². The third-order valence-electron chi connectivity index (χ3n) is 21.0. The van der Waals surface area contributed by atoms with E-state index in [1.165, 1.54) is 22.3 Å². The Balaban J connectivity index is 1.04. The van der Waals surface area contributed by atoms with Gasteiger partial charge in [-0.1, -0.05) is 265 Å². The maximum Gasteiger partial charge on any atom is 0.252 e. The number of fused-ring (bicyclic) bond motifs is 13. The van der Waals surface area contributed by atoms with Crippen LogP contribution in [0, 0.1) is 0 Å². The quantitative estimate of drug-likeness (QED) is 0.147. The Morgan fingerprint density at radius 1 is 0.300 bits per heavy atom. The number of hydrogen-bond acceptors (Lipinski definition) is 4. The average Bonchev–Trinajstić information content (AvgIpc) is 1.25. The van der Waals surface area contributed by atoms with Gasteiger partial charge in [0.05, 0.1) is 39.1 Å². The molecule has 0 radical (unpaired) electrons. The number of hydrogen-bond donors (Lipinski definition) is 0. The molecule has 3 nitrogen and oxygen atoms in total. The summed E-state index contributed by atoms with van der Waals surface area (Å²) in [6.07, 6.45) is 0. The lowest BCUT2D eigenvalue weighted by atomic mass is 9.33. The van der Waals surface area contributed by atoms with Gasteiger partial charge in [0.1, 0.15) is 0 Å². The van der Waals surface area contributed by atoms with E-state index in [9.17, 15) is 11.0 Å². The Morgan fingerprint density at radius 2 is 0.680 bits per heavy atom. The highest BCUT2D eigenvalue weighted by Crippen LogP contribution is 2.54. The molecule has 486 valence electrons. The van der Waals surface area contributed by atoms with E-state index in [0.717, 1.165) is 135 Å². The van der Waals surface area contributed by atoms with E-state index < -0.39 is 43.0 Å². The van der Waals surface area contributed by atoms with Crippen molar-refractivity contribution in [3.8, 4) is 50.2 Å². The lowest BCUT2D eigenvalue weighted by Crippen LogP contribution is -2.61. The highest BCUT2D eigenvalue weighted by molar-refractivity contribution is 7.26. The molecule has 0 atom stereocenters. The van der Waals surface area contributed by atoms with Crippen molar-refractivity contribution < 1.29 is 11.0 Å². The van der Waals surface area contributed by atoms with Crippen LogP contribution >= 0.6 is 22.7 Å². The van der Waals surface area contributed by atoms with E-state index in [-0.39, 0.29) is 55.6 Å². The fourth-order valence-corrected chi connectivity index (χ4v) is 17.8. The number of benzene rings is 13. The van der Waals surface area contributed by atoms with Crippen LogP contribution in [0.5, 0.6) is 0 Å². The maximum atomic E-state index is 10.1. The standard InChI is InChI=1S/C94H80BN3S2/c1-91(2,3)65-45-63(46-66(53-65)92(4,5)6)61-37-41-74-80(51-61)97(78-33-23-35-86-88(78)72-49-59(39-43-84(72)99-86)57-25-15-13-16-26-57)82-55-69(96-76-31-21-19-29-70(76)71-30-20-22-32-77(71)96)56-83-90(82)95(74)75-42-38-62(64-47-67(93(7,8)9)54-68(48-64)94(10,11)12)52-81(75)98(83)79-34-24-36-87-89(79)73-50-60(40-44-85(73)100-87)58-27-17-14-18-28-58/h13-56H,1-12H3/i19D,20D,21D,22D,29D,30D,31D,32D. The van der Waals surface area contributed by atoms with Gasteiger partial charge >= 0.3 is 0 Å². The molecule has 2 aliphatic heterocycles. The summed E-state index contributed by atoms with van der Waals surface area (Å²) in [5, 5.41) is 4.32. The molecule has 5 heterocycles. The number of aromatic nitrogens is 1. The highest BCUT2D eigenvalue weighted by Gasteiger charge is 2.45. The molecule has 18 rings (SSSR count). The summed E-state index contributed by atoms with van der Waals surface area (Å²) >= 11 is 3.52. The molecule has 0 unspecified atom stereocenters. The first-order valence-corrected chi connectivity index (χ1v) is 36.5. The topological polar surface area (TPSA) is 11.4 Å². The van der Waals surface area contributed by atoms with E-state index in [1.54, 1.807) is 27.2 Å². The van der Waals surface area contributed by atoms with Gasteiger partial charge in [0.15, 0.2) is 0 Å². The number of nitrogens with zero attached hydrogens (tertiary/aromatic N) is 3. The van der Waals surface area contributed by atoms with E-state index in [1.807, 2.05) is 0 Å². The predicted octanol–water partition coefficient (Wildman–Crippen LogP) is 25.5. The van der Waals surface area contributed by atoms with E-state index in [0.29, 0.717) is 5.69 Å². The largest absolute Gasteiger partial charge is 0.311 e. The third-order valence-corrected chi connectivity index (χ3v) is 23.3. The molecule has 0 amide bonds. The molecule has 0 spiro atoms. The molecule has 0 saturated heterocycles. The van der Waals surface area contributed by atoms with Gasteiger partial charge < -0.3 is 14.4 Å². The van der Waals surface area contributed by atoms with Gasteiger partial charge in [-0.3, -0.25) is 0 Å². The van der Waals surface area contributed by atoms with Gasteiger partial charge in [0, 0.05) is 73.9 Å². The lowest BCUT2D eigenvalue weighted by molar-refractivity contribution is 0.568. The molecule has 6 heteroatoms. The Bertz CT molecular complexity index is 6090. The second-order valence-electron chi connectivity index (χ2n) is 31.6. The summed E-state index contributed by atoms with van der Waals surface area (Å²) in [5.41, 5.74) is 21.8. The van der Waals surface area contributed by atoms with Crippen molar-refractivity contribution >= 4 is 142 Å². The van der Waals surface area contributed by atoms with Crippen molar-refractivity contribution in [3.05, 3.63) is 289 Å². The zero-order valence-corrected chi connectivity index (χ0v) is 60.2. The van der Waals surface area contributed by atoms with Crippen LogP contribution in [0.1, 0.15) is 116 Å². The Morgan fingerprint density at radius 3 is 1.08 bits per heavy atom. The molecule has 16 aromatic rings. The normalized spacial score (nSPS) is 14.5. The minimum absolute atomic E-state index is 0.0117. The molecule has 0 N–H and O–H groups in total. The van der Waals surface area contributed by atoms with Gasteiger partial charge in [-0.05, 0) is 190 Å². The SMILES string of the molecule is [2H]c1c([2H])c([2H])c2c(c1[2H])c1c([2H])c([2H])c([2H])c([2H])c1n2-c1cc2c3c(c1)N(c1cccc4sc5ccc(-c6ccccc6)cc5c14)c1cc(-c4cc(C(C)(C)C)cc(C(C)(C)C)c4)ccc1B3c1ccc(-c3cc(C(C)(C)C)cc(C(C)(C)C)c3)cc1N2c1cccc2sc3ccc(-c4ccccc4)cc3c12. The van der Waals surface area contributed by atoms with Crippen molar-refractivity contribution in [1.82, 2.24) is 4.57 Å². The van der Waals surface area contributed by atoms with Gasteiger partial charge in [-0.2, -0.15) is 0 Å². The van der Waals surface area contributed by atoms with E-state index in [2.05, 4.69) is 311 Å². The number of rotatable bonds is 7. The number of anilines is 6. The van der Waals surface area contributed by atoms with E-state index >= 15 is 0 Å². The van der Waals surface area contributed by atoms with Gasteiger partial charge in [-0.25, -0.2) is 0 Å². The van der Waals surface area contributed by atoms with Crippen LogP contribution in [0.4, 0.5) is 34.1 Å². The predicted molar refractivity (Wildman–Crippen MR) is 437 cm³/mol. The van der Waals surface area contributed by atoms with Crippen LogP contribution in [-0.2, 0) is 21.7 Å². The van der Waals surface area contributed by atoms with Gasteiger partial charge in [0.2, 0.25) is 0 Å². The minimum Gasteiger partial charge on any atom is -0.311 e. The molecule has 0 aliphatic carbocycles. The summed E-state index contributed by atoms with van der Waals surface area (Å²) in [6.45, 7) is 27.0. The monoisotopic (exact) mass is 1330 g/mol. The number of thiophene rings is 2. The van der Waals surface area contributed by atoms with Crippen LogP contribution < -0.4 is 26.2 Å². The lowest BCUT2D eigenvalue weighted by Gasteiger charge is -2.45. The smallest absolute Gasteiger partial charge is 0.252 e. The van der Waals surface area contributed by atoms with Crippen molar-refractivity contribution in [1.29, 1.82) is 0 Å². The van der Waals surface area contributed by atoms with Crippen LogP contribution in [0.15, 0.2) is 267 Å². The van der Waals surface area contributed by atoms with Crippen LogP contribution in [-0.4, -0.2) is 11.3 Å². The molecule has 3 aromatic heterocycles. The second-order valence-corrected chi connectivity index (χ2v) is 33.8. The van der Waals surface area contributed by atoms with Crippen LogP contribution in [0.3, 0.4) is 0 Å². The zero-order valence-electron chi connectivity index (χ0n) is 66.5. The minimum atomic E-state index is -0.497. The summed E-state index contributed by atoms with van der Waals surface area (Å²) in [4.78, 5) is 4.91. The fraction of sp³-hybridized carbons (Fsp3) is 0.170. The summed E-state index contributed by atoms with van der Waals surface area (Å²) in [7, 11) is 0. The van der Waals surface area contributed by atoms with Crippen molar-refractivity contribution in [2.75, 3.05) is 9.80 Å². The molecule has 0 fully saturated rings. The van der Waals surface area contributed by atoms with Gasteiger partial charge in [0.25, 0.3) is 6.71 Å². The van der Waals surface area contributed by atoms with Crippen molar-refractivity contribution in [2.24, 2.45) is 0 Å². The summed E-state index contributed by atoms with van der Waals surface area (Å²) < 4.78 is 83.4. The summed E-state index contributed by atoms with van der Waals surface area (Å²) in [5.74, 6) is 0. The molecule has 2 aliphatic rings. The maximum absolute atomic E-state index is 10.1. The first-order chi connectivity index (χ1) is 51.4. The second kappa shape index (κ2) is 22.6. The molecule has 13 aromatic carbocycles. The zero-order chi connectivity index (χ0) is 75.4. The molecule has 100 heavy (non-hydrogen) atoms. The Labute approximate surface area is 607 Å². The number of para-hydroxylation sites is 2. The third kappa shape index (κ3) is 10.1. The summed E-state index contributed by atoms with van der Waals surface area (Å²) in [6, 6.07) is 77.1. The fourth-order valence-electron chi connectivity index (χ4n) is 15.6. The average molecular weight is 1330 g/mol. The first kappa shape index (κ1) is 53.7. The molecular weight excluding hydrogens is 1250 g/mol. The molecular formula is C94H80BN3S2. The van der Waals surface area contributed by atoms with Crippen LogP contribution in [0.2, 0.25) is 0 Å².